The highest BCUT2D eigenvalue weighted by Gasteiger charge is 2.11. The number of carbonyl (C=O) groups is 2. The number of carbonyl (C=O) groups excluding carboxylic acids is 2. The number of aryl methyl sites for hydroxylation is 1. The van der Waals surface area contributed by atoms with Gasteiger partial charge in [-0.2, -0.15) is 0 Å². The molecular formula is C10H9ClFNO2. The van der Waals surface area contributed by atoms with Crippen LogP contribution in [0.2, 0.25) is 5.02 Å². The average molecular weight is 230 g/mol. The summed E-state index contributed by atoms with van der Waals surface area (Å²) in [5, 5.41) is 2.41. The van der Waals surface area contributed by atoms with E-state index in [1.807, 2.05) is 0 Å². The Labute approximate surface area is 91.2 Å². The third kappa shape index (κ3) is 2.76. The Morgan fingerprint density at radius 1 is 1.40 bits per heavy atom. The van der Waals surface area contributed by atoms with Gasteiger partial charge in [0, 0.05) is 6.92 Å². The molecule has 3 nitrogen and oxygen atoms in total. The maximum atomic E-state index is 13.1. The standard InChI is InChI=1S/C10H9ClFNO2/c1-5-3-7(11)9(4-8(5)12)13-10(15)6(2)14/h3-4H,1-2H3,(H,13,15). The van der Waals surface area contributed by atoms with Crippen LogP contribution in [-0.2, 0) is 9.59 Å². The third-order valence-corrected chi connectivity index (χ3v) is 2.13. The van der Waals surface area contributed by atoms with E-state index in [9.17, 15) is 14.0 Å². The second kappa shape index (κ2) is 4.40. The lowest BCUT2D eigenvalue weighted by Crippen LogP contribution is -2.20. The Morgan fingerprint density at radius 3 is 2.53 bits per heavy atom. The van der Waals surface area contributed by atoms with Crippen molar-refractivity contribution in [1.29, 1.82) is 0 Å². The fraction of sp³-hybridized carbons (Fsp3) is 0.200. The minimum atomic E-state index is -0.819. The molecule has 0 unspecified atom stereocenters. The first kappa shape index (κ1) is 11.7. The average Bonchev–Trinajstić information content (AvgIpc) is 2.13. The van der Waals surface area contributed by atoms with E-state index in [1.165, 1.54) is 6.07 Å². The molecule has 0 radical (unpaired) electrons. The van der Waals surface area contributed by atoms with Crippen molar-refractivity contribution in [1.82, 2.24) is 0 Å². The SMILES string of the molecule is CC(=O)C(=O)Nc1cc(F)c(C)cc1Cl. The van der Waals surface area contributed by atoms with Crippen molar-refractivity contribution in [2.75, 3.05) is 5.32 Å². The fourth-order valence-electron chi connectivity index (χ4n) is 0.952. The maximum Gasteiger partial charge on any atom is 0.291 e. The van der Waals surface area contributed by atoms with E-state index in [-0.39, 0.29) is 10.7 Å². The molecule has 0 bridgehead atoms. The van der Waals surface area contributed by atoms with Gasteiger partial charge >= 0.3 is 0 Å². The van der Waals surface area contributed by atoms with Gasteiger partial charge in [-0.3, -0.25) is 9.59 Å². The van der Waals surface area contributed by atoms with Crippen molar-refractivity contribution in [2.24, 2.45) is 0 Å². The first-order valence-corrected chi connectivity index (χ1v) is 4.57. The second-order valence-corrected chi connectivity index (χ2v) is 3.50. The Bertz CT molecular complexity index is 432. The molecule has 1 N–H and O–H groups in total. The molecule has 0 spiro atoms. The number of hydrogen-bond donors (Lipinski definition) is 1. The highest BCUT2D eigenvalue weighted by atomic mass is 35.5. The number of amides is 1. The number of halogens is 2. The lowest BCUT2D eigenvalue weighted by molar-refractivity contribution is -0.133. The normalized spacial score (nSPS) is 9.87. The zero-order chi connectivity index (χ0) is 11.6. The lowest BCUT2D eigenvalue weighted by atomic mass is 10.2. The van der Waals surface area contributed by atoms with Crippen LogP contribution in [0.5, 0.6) is 0 Å². The van der Waals surface area contributed by atoms with Crippen LogP contribution >= 0.6 is 11.6 Å². The van der Waals surface area contributed by atoms with E-state index >= 15 is 0 Å². The van der Waals surface area contributed by atoms with Crippen molar-refractivity contribution in [3.63, 3.8) is 0 Å². The Kier molecular flexibility index (Phi) is 3.42. The predicted molar refractivity (Wildman–Crippen MR) is 55.5 cm³/mol. The van der Waals surface area contributed by atoms with Gasteiger partial charge in [0.05, 0.1) is 10.7 Å². The number of anilines is 1. The van der Waals surface area contributed by atoms with Crippen LogP contribution in [0.3, 0.4) is 0 Å². The van der Waals surface area contributed by atoms with Crippen molar-refractivity contribution in [3.05, 3.63) is 28.5 Å². The summed E-state index contributed by atoms with van der Waals surface area (Å²) in [6.07, 6.45) is 0. The number of Topliss-reactive ketones (excluding diaryl/α,β-unsaturated/α-hetero) is 1. The Morgan fingerprint density at radius 2 is 2.00 bits per heavy atom. The molecule has 0 aliphatic carbocycles. The van der Waals surface area contributed by atoms with E-state index < -0.39 is 17.5 Å². The maximum absolute atomic E-state index is 13.1. The molecule has 0 aliphatic heterocycles. The molecule has 0 heterocycles. The third-order valence-electron chi connectivity index (χ3n) is 1.82. The minimum Gasteiger partial charge on any atom is -0.318 e. The van der Waals surface area contributed by atoms with Crippen LogP contribution in [0, 0.1) is 12.7 Å². The van der Waals surface area contributed by atoms with Crippen molar-refractivity contribution in [3.8, 4) is 0 Å². The molecule has 0 saturated carbocycles. The smallest absolute Gasteiger partial charge is 0.291 e. The molecule has 1 aromatic carbocycles. The van der Waals surface area contributed by atoms with Crippen molar-refractivity contribution < 1.29 is 14.0 Å². The number of nitrogens with one attached hydrogen (secondary N) is 1. The Balaban J connectivity index is 3.01. The van der Waals surface area contributed by atoms with Gasteiger partial charge in [-0.1, -0.05) is 11.6 Å². The summed E-state index contributed by atoms with van der Waals surface area (Å²) >= 11 is 5.76. The second-order valence-electron chi connectivity index (χ2n) is 3.09. The predicted octanol–water partition coefficient (Wildman–Crippen LogP) is 2.32. The largest absolute Gasteiger partial charge is 0.318 e. The lowest BCUT2D eigenvalue weighted by Gasteiger charge is -2.06. The van der Waals surface area contributed by atoms with E-state index in [2.05, 4.69) is 5.32 Å². The summed E-state index contributed by atoms with van der Waals surface area (Å²) in [6.45, 7) is 2.67. The zero-order valence-corrected chi connectivity index (χ0v) is 8.98. The molecule has 0 aromatic heterocycles. The monoisotopic (exact) mass is 229 g/mol. The van der Waals surface area contributed by atoms with E-state index in [4.69, 9.17) is 11.6 Å². The van der Waals surface area contributed by atoms with Gasteiger partial charge in [-0.15, -0.1) is 0 Å². The molecule has 5 heteroatoms. The minimum absolute atomic E-state index is 0.0972. The first-order valence-electron chi connectivity index (χ1n) is 4.19. The summed E-state index contributed by atoms with van der Waals surface area (Å²) in [7, 11) is 0. The summed E-state index contributed by atoms with van der Waals surface area (Å²) in [5.74, 6) is -1.97. The summed E-state index contributed by atoms with van der Waals surface area (Å²) in [4.78, 5) is 21.7. The molecule has 80 valence electrons. The van der Waals surface area contributed by atoms with Crippen LogP contribution in [-0.4, -0.2) is 11.7 Å². The van der Waals surface area contributed by atoms with Crippen molar-refractivity contribution >= 4 is 29.0 Å². The summed E-state index contributed by atoms with van der Waals surface area (Å²) in [5.41, 5.74) is 0.473. The van der Waals surface area contributed by atoms with Crippen LogP contribution in [0.25, 0.3) is 0 Å². The molecular weight excluding hydrogens is 221 g/mol. The zero-order valence-electron chi connectivity index (χ0n) is 8.23. The van der Waals surface area contributed by atoms with Gasteiger partial charge in [-0.05, 0) is 24.6 Å². The van der Waals surface area contributed by atoms with Gasteiger partial charge in [0.1, 0.15) is 5.82 Å². The highest BCUT2D eigenvalue weighted by Crippen LogP contribution is 2.24. The number of rotatable bonds is 2. The van der Waals surface area contributed by atoms with E-state index in [1.54, 1.807) is 6.92 Å². The van der Waals surface area contributed by atoms with Gasteiger partial charge in [0.25, 0.3) is 5.91 Å². The first-order chi connectivity index (χ1) is 6.91. The molecule has 0 saturated heterocycles. The van der Waals surface area contributed by atoms with Gasteiger partial charge < -0.3 is 5.32 Å². The fourth-order valence-corrected chi connectivity index (χ4v) is 1.22. The highest BCUT2D eigenvalue weighted by molar-refractivity contribution is 6.41. The van der Waals surface area contributed by atoms with Crippen molar-refractivity contribution in [2.45, 2.75) is 13.8 Å². The quantitative estimate of drug-likeness (QED) is 0.791. The molecule has 0 fully saturated rings. The Hall–Kier alpha value is -1.42. The van der Waals surface area contributed by atoms with E-state index in [0.717, 1.165) is 13.0 Å². The number of benzene rings is 1. The van der Waals surface area contributed by atoms with Crippen LogP contribution in [0.1, 0.15) is 12.5 Å². The summed E-state index contributed by atoms with van der Waals surface area (Å²) in [6, 6.07) is 2.46. The van der Waals surface area contributed by atoms with Gasteiger partial charge in [-0.25, -0.2) is 4.39 Å². The molecule has 1 rings (SSSR count). The molecule has 0 aliphatic rings. The molecule has 1 amide bonds. The van der Waals surface area contributed by atoms with E-state index in [0.29, 0.717) is 5.56 Å². The molecule has 0 atom stereocenters. The topological polar surface area (TPSA) is 46.2 Å². The number of ketones is 1. The van der Waals surface area contributed by atoms with Gasteiger partial charge in [0.2, 0.25) is 5.78 Å². The molecule has 1 aromatic rings. The summed E-state index contributed by atoms with van der Waals surface area (Å²) < 4.78 is 13.1. The molecule has 15 heavy (non-hydrogen) atoms. The van der Waals surface area contributed by atoms with Crippen LogP contribution < -0.4 is 5.32 Å². The van der Waals surface area contributed by atoms with Gasteiger partial charge in [0.15, 0.2) is 0 Å². The van der Waals surface area contributed by atoms with Crippen LogP contribution in [0.4, 0.5) is 10.1 Å². The van der Waals surface area contributed by atoms with Crippen LogP contribution in [0.15, 0.2) is 12.1 Å². The number of hydrogen-bond acceptors (Lipinski definition) is 2.